The molecule has 0 saturated heterocycles. The van der Waals surface area contributed by atoms with Gasteiger partial charge in [-0.3, -0.25) is 4.79 Å². The molecule has 32 heavy (non-hydrogen) atoms. The third-order valence-electron chi connectivity index (χ3n) is 4.79. The number of nitrogens with one attached hydrogen (secondary N) is 1. The van der Waals surface area contributed by atoms with E-state index in [1.807, 2.05) is 42.6 Å². The summed E-state index contributed by atoms with van der Waals surface area (Å²) in [6, 6.07) is 14.5. The quantitative estimate of drug-likeness (QED) is 0.245. The van der Waals surface area contributed by atoms with E-state index in [9.17, 15) is 18.0 Å². The molecule has 4 aromatic rings. The van der Waals surface area contributed by atoms with Gasteiger partial charge in [0.2, 0.25) is 5.91 Å². The molecule has 4 rings (SSSR count). The summed E-state index contributed by atoms with van der Waals surface area (Å²) in [5.41, 5.74) is 1.32. The topological polar surface area (TPSA) is 54.9 Å². The number of rotatable bonds is 6. The maximum Gasteiger partial charge on any atom is 0.416 e. The summed E-state index contributed by atoms with van der Waals surface area (Å²) in [5.74, 6) is -0.375. The zero-order valence-electron chi connectivity index (χ0n) is 16.9. The Balaban J connectivity index is 1.60. The summed E-state index contributed by atoms with van der Waals surface area (Å²) in [6.45, 7) is 1.85. The number of nitrogens with zero attached hydrogens (tertiary/aromatic N) is 2. The molecule has 1 atom stereocenters. The van der Waals surface area contributed by atoms with Crippen LogP contribution < -0.4 is 5.32 Å². The van der Waals surface area contributed by atoms with Crippen LogP contribution >= 0.6 is 23.1 Å². The first-order valence-corrected chi connectivity index (χ1v) is 11.5. The molecule has 2 aromatic heterocycles. The molecule has 2 aromatic carbocycles. The Hall–Kier alpha value is -2.91. The summed E-state index contributed by atoms with van der Waals surface area (Å²) >= 11 is 2.79. The minimum Gasteiger partial charge on any atom is -0.325 e. The van der Waals surface area contributed by atoms with Crippen LogP contribution in [0.3, 0.4) is 0 Å². The second kappa shape index (κ2) is 9.30. The van der Waals surface area contributed by atoms with Crippen LogP contribution in [0.2, 0.25) is 0 Å². The first-order valence-electron chi connectivity index (χ1n) is 9.79. The van der Waals surface area contributed by atoms with E-state index >= 15 is 0 Å². The number of carbonyl (C=O) groups is 1. The number of amides is 1. The largest absolute Gasteiger partial charge is 0.416 e. The van der Waals surface area contributed by atoms with Gasteiger partial charge in [-0.25, -0.2) is 9.97 Å². The van der Waals surface area contributed by atoms with E-state index in [-0.39, 0.29) is 11.6 Å². The van der Waals surface area contributed by atoms with Gasteiger partial charge in [0.1, 0.15) is 16.2 Å². The molecule has 1 N–H and O–H groups in total. The number of fused-ring (bicyclic) bond motifs is 1. The van der Waals surface area contributed by atoms with Crippen molar-refractivity contribution in [3.63, 3.8) is 0 Å². The van der Waals surface area contributed by atoms with E-state index in [1.54, 1.807) is 0 Å². The molecule has 0 spiro atoms. The number of thiophene rings is 1. The number of alkyl halides is 3. The van der Waals surface area contributed by atoms with Gasteiger partial charge in [-0.15, -0.1) is 11.3 Å². The number of aromatic nitrogens is 2. The van der Waals surface area contributed by atoms with Crippen molar-refractivity contribution in [3.05, 3.63) is 71.9 Å². The van der Waals surface area contributed by atoms with Crippen LogP contribution in [0.15, 0.2) is 71.3 Å². The van der Waals surface area contributed by atoms with Crippen LogP contribution in [0.1, 0.15) is 18.9 Å². The predicted octanol–water partition coefficient (Wildman–Crippen LogP) is 6.89. The van der Waals surface area contributed by atoms with Gasteiger partial charge in [-0.2, -0.15) is 13.2 Å². The number of thioether (sulfide) groups is 1. The Kier molecular flexibility index (Phi) is 6.48. The molecule has 1 unspecified atom stereocenters. The van der Waals surface area contributed by atoms with Crippen LogP contribution in [0, 0.1) is 0 Å². The zero-order chi connectivity index (χ0) is 22.7. The Bertz CT molecular complexity index is 1240. The van der Waals surface area contributed by atoms with E-state index in [2.05, 4.69) is 15.3 Å². The number of benzene rings is 2. The van der Waals surface area contributed by atoms with Crippen molar-refractivity contribution in [2.75, 3.05) is 5.32 Å². The maximum absolute atomic E-state index is 13.0. The number of carbonyl (C=O) groups excluding carboxylic acids is 1. The standard InChI is InChI=1S/C23H18F3N3OS2/c1-2-18(20(30)29-16-10-6-9-15(11-16)23(24,25)26)32-22-19-17(14-7-4-3-5-8-14)12-31-21(19)27-13-28-22/h3-13,18H,2H2,1H3,(H,29,30). The van der Waals surface area contributed by atoms with Gasteiger partial charge < -0.3 is 5.32 Å². The van der Waals surface area contributed by atoms with Gasteiger partial charge in [-0.05, 0) is 30.2 Å². The molecule has 2 heterocycles. The summed E-state index contributed by atoms with van der Waals surface area (Å²) in [5, 5.41) is 5.64. The summed E-state index contributed by atoms with van der Waals surface area (Å²) in [4.78, 5) is 22.5. The third-order valence-corrected chi connectivity index (χ3v) is 7.05. The third kappa shape index (κ3) is 4.78. The predicted molar refractivity (Wildman–Crippen MR) is 123 cm³/mol. The first-order chi connectivity index (χ1) is 15.4. The smallest absolute Gasteiger partial charge is 0.325 e. The SMILES string of the molecule is CCC(Sc1ncnc2scc(-c3ccccc3)c12)C(=O)Nc1cccc(C(F)(F)F)c1. The van der Waals surface area contributed by atoms with Crippen molar-refractivity contribution in [1.29, 1.82) is 0 Å². The van der Waals surface area contributed by atoms with Gasteiger partial charge in [0, 0.05) is 16.6 Å². The molecule has 0 radical (unpaired) electrons. The molecular weight excluding hydrogens is 455 g/mol. The highest BCUT2D eigenvalue weighted by molar-refractivity contribution is 8.00. The molecule has 0 aliphatic heterocycles. The van der Waals surface area contributed by atoms with E-state index in [0.29, 0.717) is 11.4 Å². The Morgan fingerprint density at radius 2 is 1.91 bits per heavy atom. The molecule has 0 saturated carbocycles. The van der Waals surface area contributed by atoms with E-state index in [4.69, 9.17) is 0 Å². The minimum absolute atomic E-state index is 0.109. The number of hydrogen-bond donors (Lipinski definition) is 1. The summed E-state index contributed by atoms with van der Waals surface area (Å²) in [7, 11) is 0. The summed E-state index contributed by atoms with van der Waals surface area (Å²) in [6.07, 6.45) is -2.53. The second-order valence-corrected chi connectivity index (χ2v) is 9.01. The van der Waals surface area contributed by atoms with Crippen LogP contribution in [-0.2, 0) is 11.0 Å². The average Bonchev–Trinajstić information content (AvgIpc) is 3.22. The molecule has 1 amide bonds. The molecule has 9 heteroatoms. The van der Waals surface area contributed by atoms with Crippen LogP contribution in [0.25, 0.3) is 21.3 Å². The highest BCUT2D eigenvalue weighted by atomic mass is 32.2. The Labute approximate surface area is 190 Å². The van der Waals surface area contributed by atoms with Gasteiger partial charge >= 0.3 is 6.18 Å². The Morgan fingerprint density at radius 3 is 2.62 bits per heavy atom. The fourth-order valence-corrected chi connectivity index (χ4v) is 5.24. The highest BCUT2D eigenvalue weighted by Gasteiger charge is 2.31. The van der Waals surface area contributed by atoms with Crippen molar-refractivity contribution >= 4 is 44.9 Å². The van der Waals surface area contributed by atoms with Crippen molar-refractivity contribution < 1.29 is 18.0 Å². The second-order valence-electron chi connectivity index (χ2n) is 6.96. The lowest BCUT2D eigenvalue weighted by molar-refractivity contribution is -0.137. The normalized spacial score (nSPS) is 12.6. The van der Waals surface area contributed by atoms with Crippen molar-refractivity contribution in [3.8, 4) is 11.1 Å². The lowest BCUT2D eigenvalue weighted by Crippen LogP contribution is -2.25. The molecule has 0 bridgehead atoms. The number of anilines is 1. The van der Waals surface area contributed by atoms with Gasteiger partial charge in [-0.1, -0.05) is 55.1 Å². The van der Waals surface area contributed by atoms with Crippen LogP contribution in [0.4, 0.5) is 18.9 Å². The van der Waals surface area contributed by atoms with Crippen molar-refractivity contribution in [1.82, 2.24) is 9.97 Å². The fraction of sp³-hybridized carbons (Fsp3) is 0.174. The highest BCUT2D eigenvalue weighted by Crippen LogP contribution is 2.39. The van der Waals surface area contributed by atoms with Crippen molar-refractivity contribution in [2.45, 2.75) is 29.8 Å². The molecule has 164 valence electrons. The zero-order valence-corrected chi connectivity index (χ0v) is 18.5. The Morgan fingerprint density at radius 1 is 1.12 bits per heavy atom. The van der Waals surface area contributed by atoms with E-state index in [1.165, 1.54) is 41.6 Å². The van der Waals surface area contributed by atoms with Crippen LogP contribution in [-0.4, -0.2) is 21.1 Å². The fourth-order valence-electron chi connectivity index (χ4n) is 3.22. The lowest BCUT2D eigenvalue weighted by Gasteiger charge is -2.16. The maximum atomic E-state index is 13.0. The summed E-state index contributed by atoms with van der Waals surface area (Å²) < 4.78 is 38.9. The van der Waals surface area contributed by atoms with Gasteiger partial charge in [0.05, 0.1) is 16.2 Å². The van der Waals surface area contributed by atoms with Gasteiger partial charge in [0.15, 0.2) is 0 Å². The van der Waals surface area contributed by atoms with Crippen LogP contribution in [0.5, 0.6) is 0 Å². The van der Waals surface area contributed by atoms with E-state index < -0.39 is 17.0 Å². The lowest BCUT2D eigenvalue weighted by atomic mass is 10.1. The minimum atomic E-state index is -4.47. The van der Waals surface area contributed by atoms with Crippen molar-refractivity contribution in [2.24, 2.45) is 0 Å². The molecule has 0 fully saturated rings. The van der Waals surface area contributed by atoms with Gasteiger partial charge in [0.25, 0.3) is 0 Å². The monoisotopic (exact) mass is 473 g/mol. The molecule has 0 aliphatic carbocycles. The number of halogens is 3. The average molecular weight is 474 g/mol. The molecular formula is C23H18F3N3OS2. The molecule has 0 aliphatic rings. The molecule has 4 nitrogen and oxygen atoms in total. The number of hydrogen-bond acceptors (Lipinski definition) is 5. The van der Waals surface area contributed by atoms with E-state index in [0.717, 1.165) is 33.5 Å². The first kappa shape index (κ1) is 22.3.